The molecule has 0 spiro atoms. The van der Waals surface area contributed by atoms with E-state index in [4.69, 9.17) is 14.0 Å². The number of aromatic nitrogens is 3. The van der Waals surface area contributed by atoms with Crippen molar-refractivity contribution in [2.45, 2.75) is 6.92 Å². The van der Waals surface area contributed by atoms with Crippen LogP contribution in [0.5, 0.6) is 11.5 Å². The summed E-state index contributed by atoms with van der Waals surface area (Å²) in [5.41, 5.74) is 2.31. The van der Waals surface area contributed by atoms with E-state index in [1.54, 1.807) is 31.4 Å². The van der Waals surface area contributed by atoms with Crippen molar-refractivity contribution < 1.29 is 18.8 Å². The topological polar surface area (TPSA) is 99.4 Å². The van der Waals surface area contributed by atoms with Gasteiger partial charge in [0.15, 0.2) is 6.61 Å². The predicted octanol–water partition coefficient (Wildman–Crippen LogP) is 4.13. The number of pyridine rings is 1. The van der Waals surface area contributed by atoms with Gasteiger partial charge in [-0.05, 0) is 61.5 Å². The molecule has 0 saturated carbocycles. The lowest BCUT2D eigenvalue weighted by atomic mass is 10.2. The van der Waals surface area contributed by atoms with E-state index in [2.05, 4.69) is 20.4 Å². The number of methoxy groups -OCH3 is 1. The molecule has 0 saturated heterocycles. The van der Waals surface area contributed by atoms with Crippen molar-refractivity contribution in [2.75, 3.05) is 19.0 Å². The average Bonchev–Trinajstić information content (AvgIpc) is 3.28. The van der Waals surface area contributed by atoms with E-state index in [9.17, 15) is 4.79 Å². The highest BCUT2D eigenvalue weighted by molar-refractivity contribution is 5.90. The second kappa shape index (κ2) is 9.08. The van der Waals surface area contributed by atoms with Crippen molar-refractivity contribution in [1.29, 1.82) is 0 Å². The van der Waals surface area contributed by atoms with Crippen LogP contribution in [-0.4, -0.2) is 34.7 Å². The molecular weight excluding hydrogens is 396 g/mol. The Morgan fingerprint density at radius 3 is 2.55 bits per heavy atom. The van der Waals surface area contributed by atoms with Crippen molar-refractivity contribution in [3.8, 4) is 34.3 Å². The van der Waals surface area contributed by atoms with E-state index >= 15 is 0 Å². The van der Waals surface area contributed by atoms with Gasteiger partial charge < -0.3 is 19.3 Å². The summed E-state index contributed by atoms with van der Waals surface area (Å²) < 4.78 is 16.2. The minimum Gasteiger partial charge on any atom is -0.497 e. The van der Waals surface area contributed by atoms with Gasteiger partial charge in [0.25, 0.3) is 11.8 Å². The molecule has 0 aliphatic rings. The van der Waals surface area contributed by atoms with E-state index in [-0.39, 0.29) is 12.5 Å². The Morgan fingerprint density at radius 2 is 1.77 bits per heavy atom. The molecule has 2 aromatic carbocycles. The van der Waals surface area contributed by atoms with Gasteiger partial charge in [0.2, 0.25) is 5.82 Å². The number of carbonyl (C=O) groups excluding carboxylic acids is 1. The Morgan fingerprint density at radius 1 is 0.968 bits per heavy atom. The van der Waals surface area contributed by atoms with Gasteiger partial charge >= 0.3 is 0 Å². The number of nitrogens with zero attached hydrogens (tertiary/aromatic N) is 3. The van der Waals surface area contributed by atoms with Crippen molar-refractivity contribution in [3.63, 3.8) is 0 Å². The van der Waals surface area contributed by atoms with Crippen LogP contribution in [0.15, 0.2) is 71.3 Å². The van der Waals surface area contributed by atoms with Gasteiger partial charge in [-0.25, -0.2) is 4.98 Å². The minimum atomic E-state index is -0.303. The molecule has 0 radical (unpaired) electrons. The Labute approximate surface area is 178 Å². The van der Waals surface area contributed by atoms with Crippen LogP contribution in [0, 0.1) is 6.92 Å². The van der Waals surface area contributed by atoms with Gasteiger partial charge in [0, 0.05) is 16.8 Å². The smallest absolute Gasteiger partial charge is 0.263 e. The molecule has 0 aliphatic carbocycles. The van der Waals surface area contributed by atoms with Crippen LogP contribution < -0.4 is 14.8 Å². The SMILES string of the molecule is COc1ccc(-c2noc(-c3cccc(OCC(=O)Nc4cccc(C)n4)c3)n2)cc1. The van der Waals surface area contributed by atoms with E-state index in [1.807, 2.05) is 49.4 Å². The highest BCUT2D eigenvalue weighted by Crippen LogP contribution is 2.26. The van der Waals surface area contributed by atoms with E-state index < -0.39 is 0 Å². The number of carbonyl (C=O) groups is 1. The molecule has 2 heterocycles. The highest BCUT2D eigenvalue weighted by Gasteiger charge is 2.12. The van der Waals surface area contributed by atoms with Crippen LogP contribution in [0.1, 0.15) is 5.69 Å². The van der Waals surface area contributed by atoms with Gasteiger partial charge in [-0.15, -0.1) is 0 Å². The molecule has 8 heteroatoms. The van der Waals surface area contributed by atoms with E-state index in [0.717, 1.165) is 17.0 Å². The maximum absolute atomic E-state index is 12.1. The highest BCUT2D eigenvalue weighted by atomic mass is 16.5. The maximum Gasteiger partial charge on any atom is 0.263 e. The molecule has 31 heavy (non-hydrogen) atoms. The number of aryl methyl sites for hydroxylation is 1. The zero-order chi connectivity index (χ0) is 21.6. The standard InChI is InChI=1S/C23H20N4O4/c1-15-5-3-8-20(24-15)25-21(28)14-30-19-7-4-6-17(13-19)23-26-22(27-31-23)16-9-11-18(29-2)12-10-16/h3-13H,14H2,1-2H3,(H,24,25,28). The normalized spacial score (nSPS) is 10.5. The number of anilines is 1. The van der Waals surface area contributed by atoms with Crippen LogP contribution in [-0.2, 0) is 4.79 Å². The predicted molar refractivity (Wildman–Crippen MR) is 115 cm³/mol. The van der Waals surface area contributed by atoms with Crippen molar-refractivity contribution in [3.05, 3.63) is 72.4 Å². The van der Waals surface area contributed by atoms with E-state index in [1.165, 1.54) is 0 Å². The number of amides is 1. The Balaban J connectivity index is 1.41. The maximum atomic E-state index is 12.1. The van der Waals surface area contributed by atoms with Crippen LogP contribution in [0.25, 0.3) is 22.8 Å². The fourth-order valence-electron chi connectivity index (χ4n) is 2.86. The Bertz CT molecular complexity index is 1190. The van der Waals surface area contributed by atoms with Gasteiger partial charge in [-0.3, -0.25) is 4.79 Å². The summed E-state index contributed by atoms with van der Waals surface area (Å²) in [6, 6.07) is 19.9. The van der Waals surface area contributed by atoms with Crippen molar-refractivity contribution >= 4 is 11.7 Å². The van der Waals surface area contributed by atoms with Crippen molar-refractivity contribution in [2.24, 2.45) is 0 Å². The number of ether oxygens (including phenoxy) is 2. The first-order valence-electron chi connectivity index (χ1n) is 9.55. The Kier molecular flexibility index (Phi) is 5.89. The molecule has 1 amide bonds. The van der Waals surface area contributed by atoms with Gasteiger partial charge in [-0.1, -0.05) is 17.3 Å². The number of hydrogen-bond acceptors (Lipinski definition) is 7. The fraction of sp³-hybridized carbons (Fsp3) is 0.130. The zero-order valence-corrected chi connectivity index (χ0v) is 17.0. The second-order valence-electron chi connectivity index (χ2n) is 6.68. The van der Waals surface area contributed by atoms with Crippen LogP contribution in [0.3, 0.4) is 0 Å². The van der Waals surface area contributed by atoms with Crippen molar-refractivity contribution in [1.82, 2.24) is 15.1 Å². The number of benzene rings is 2. The molecule has 1 N–H and O–H groups in total. The monoisotopic (exact) mass is 416 g/mol. The quantitative estimate of drug-likeness (QED) is 0.483. The van der Waals surface area contributed by atoms with Gasteiger partial charge in [0.05, 0.1) is 7.11 Å². The lowest BCUT2D eigenvalue weighted by Crippen LogP contribution is -2.20. The summed E-state index contributed by atoms with van der Waals surface area (Å²) in [5, 5.41) is 6.74. The molecule has 156 valence electrons. The molecule has 0 bridgehead atoms. The van der Waals surface area contributed by atoms with E-state index in [0.29, 0.717) is 28.8 Å². The molecule has 0 fully saturated rings. The number of hydrogen-bond donors (Lipinski definition) is 1. The number of rotatable bonds is 7. The van der Waals surface area contributed by atoms with Gasteiger partial charge in [-0.2, -0.15) is 4.98 Å². The van der Waals surface area contributed by atoms with Crippen LogP contribution in [0.4, 0.5) is 5.82 Å². The van der Waals surface area contributed by atoms with Crippen LogP contribution in [0.2, 0.25) is 0 Å². The molecule has 0 aliphatic heterocycles. The first-order valence-corrected chi connectivity index (χ1v) is 9.55. The summed E-state index contributed by atoms with van der Waals surface area (Å²) in [6.07, 6.45) is 0. The summed E-state index contributed by atoms with van der Waals surface area (Å²) in [7, 11) is 1.61. The summed E-state index contributed by atoms with van der Waals surface area (Å²) in [4.78, 5) is 20.8. The lowest BCUT2D eigenvalue weighted by Gasteiger charge is -2.08. The lowest BCUT2D eigenvalue weighted by molar-refractivity contribution is -0.118. The molecule has 4 rings (SSSR count). The third-order valence-corrected chi connectivity index (χ3v) is 4.38. The average molecular weight is 416 g/mol. The third kappa shape index (κ3) is 5.05. The first kappa shape index (κ1) is 20.1. The van der Waals surface area contributed by atoms with Crippen LogP contribution >= 0.6 is 0 Å². The molecule has 8 nitrogen and oxygen atoms in total. The summed E-state index contributed by atoms with van der Waals surface area (Å²) in [6.45, 7) is 1.70. The molecule has 2 aromatic heterocycles. The number of nitrogens with one attached hydrogen (secondary N) is 1. The summed E-state index contributed by atoms with van der Waals surface area (Å²) >= 11 is 0. The largest absolute Gasteiger partial charge is 0.497 e. The Hall–Kier alpha value is -4.20. The third-order valence-electron chi connectivity index (χ3n) is 4.38. The minimum absolute atomic E-state index is 0.153. The molecule has 4 aromatic rings. The first-order chi connectivity index (χ1) is 15.1. The zero-order valence-electron chi connectivity index (χ0n) is 17.0. The van der Waals surface area contributed by atoms with Gasteiger partial charge in [0.1, 0.15) is 17.3 Å². The summed E-state index contributed by atoms with van der Waals surface area (Å²) in [5.74, 6) is 2.26. The molecule has 0 unspecified atom stereocenters. The molecule has 0 atom stereocenters. The molecular formula is C23H20N4O4. The second-order valence-corrected chi connectivity index (χ2v) is 6.68. The fourth-order valence-corrected chi connectivity index (χ4v) is 2.86.